The second-order valence-corrected chi connectivity index (χ2v) is 11.3. The molecule has 0 radical (unpaired) electrons. The van der Waals surface area contributed by atoms with Crippen molar-refractivity contribution in [3.8, 4) is 11.3 Å². The first-order valence-corrected chi connectivity index (χ1v) is 14.9. The monoisotopic (exact) mass is 593 g/mol. The van der Waals surface area contributed by atoms with Gasteiger partial charge in [-0.05, 0) is 28.5 Å². The van der Waals surface area contributed by atoms with Crippen LogP contribution in [0.15, 0.2) is 79.4 Å². The van der Waals surface area contributed by atoms with Crippen LogP contribution in [0.2, 0.25) is 0 Å². The highest BCUT2D eigenvalue weighted by Gasteiger charge is 2.18. The van der Waals surface area contributed by atoms with E-state index in [2.05, 4.69) is 53.6 Å². The number of allylic oxidation sites excluding steroid dienone is 1. The van der Waals surface area contributed by atoms with Crippen LogP contribution in [0.25, 0.3) is 27.7 Å². The van der Waals surface area contributed by atoms with E-state index >= 15 is 0 Å². The van der Waals surface area contributed by atoms with Gasteiger partial charge in [-0.1, -0.05) is 62.9 Å². The highest BCUT2D eigenvalue weighted by Crippen LogP contribution is 2.31. The summed E-state index contributed by atoms with van der Waals surface area (Å²) in [6, 6.07) is 17.7. The topological polar surface area (TPSA) is 105 Å². The number of rotatable bonds is 11. The van der Waals surface area contributed by atoms with Gasteiger partial charge in [0.1, 0.15) is 11.6 Å². The summed E-state index contributed by atoms with van der Waals surface area (Å²) in [5.74, 6) is 0.294. The molecule has 1 fully saturated rings. The number of ether oxygens (including phenoxy) is 1. The van der Waals surface area contributed by atoms with Gasteiger partial charge in [-0.2, -0.15) is 9.61 Å². The normalized spacial score (nSPS) is 15.1. The number of carbonyl (C=O) groups excluding carboxylic acids is 1. The molecule has 4 heterocycles. The number of morpholine rings is 1. The number of anilines is 2. The molecule has 5 aromatic rings. The number of hydrogen-bond donors (Lipinski definition) is 3. The molecule has 1 atom stereocenters. The largest absolute Gasteiger partial charge is 0.374 e. The van der Waals surface area contributed by atoms with Crippen LogP contribution in [0.4, 0.5) is 16.0 Å². The summed E-state index contributed by atoms with van der Waals surface area (Å²) in [5.41, 5.74) is 5.48. The maximum Gasteiger partial charge on any atom is 0.194 e. The molecule has 0 saturated carbocycles. The van der Waals surface area contributed by atoms with Gasteiger partial charge in [0.05, 0.1) is 24.6 Å². The molecule has 3 N–H and O–H groups in total. The first-order valence-electron chi connectivity index (χ1n) is 14.9. The van der Waals surface area contributed by atoms with E-state index in [-0.39, 0.29) is 18.4 Å². The van der Waals surface area contributed by atoms with Gasteiger partial charge in [0.15, 0.2) is 17.3 Å². The van der Waals surface area contributed by atoms with Crippen molar-refractivity contribution in [2.45, 2.75) is 38.8 Å². The fourth-order valence-corrected chi connectivity index (χ4v) is 5.50. The second-order valence-electron chi connectivity index (χ2n) is 11.3. The minimum absolute atomic E-state index is 0.0305. The Kier molecular flexibility index (Phi) is 8.63. The fourth-order valence-electron chi connectivity index (χ4n) is 5.50. The molecule has 10 heteroatoms. The van der Waals surface area contributed by atoms with Gasteiger partial charge in [0, 0.05) is 61.4 Å². The number of fused-ring (bicyclic) bond motifs is 2. The first-order chi connectivity index (χ1) is 21.4. The van der Waals surface area contributed by atoms with E-state index in [9.17, 15) is 9.18 Å². The maximum atomic E-state index is 13.3. The lowest BCUT2D eigenvalue weighted by Gasteiger charge is -2.24. The van der Waals surface area contributed by atoms with Crippen molar-refractivity contribution in [1.29, 1.82) is 0 Å². The summed E-state index contributed by atoms with van der Waals surface area (Å²) < 4.78 is 21.0. The lowest BCUT2D eigenvalue weighted by atomic mass is 9.97. The minimum atomic E-state index is -0.928. The summed E-state index contributed by atoms with van der Waals surface area (Å²) in [5, 5.41) is 17.0. The zero-order chi connectivity index (χ0) is 30.6. The van der Waals surface area contributed by atoms with Crippen molar-refractivity contribution in [3.05, 3.63) is 96.1 Å². The SMILES string of the molecule is C=C(F)C(=O)Cc1ccc2c(-c3ccccc3CNc3cc(NCC4CNCCO4)nc4c(C(C)C)cnn34)nccc2c1. The van der Waals surface area contributed by atoms with E-state index in [0.717, 1.165) is 69.1 Å². The molecule has 44 heavy (non-hydrogen) atoms. The molecule has 2 aromatic carbocycles. The number of hydrogen-bond acceptors (Lipinski definition) is 8. The Morgan fingerprint density at radius 3 is 2.84 bits per heavy atom. The number of benzene rings is 2. The molecular weight excluding hydrogens is 557 g/mol. The molecule has 0 aliphatic carbocycles. The predicted molar refractivity (Wildman–Crippen MR) is 172 cm³/mol. The zero-order valence-corrected chi connectivity index (χ0v) is 24.9. The molecule has 1 saturated heterocycles. The maximum absolute atomic E-state index is 13.3. The average molecular weight is 594 g/mol. The van der Waals surface area contributed by atoms with Crippen molar-refractivity contribution in [2.24, 2.45) is 0 Å². The number of aromatic nitrogens is 4. The van der Waals surface area contributed by atoms with Crippen LogP contribution >= 0.6 is 0 Å². The van der Waals surface area contributed by atoms with Gasteiger partial charge in [-0.15, -0.1) is 0 Å². The molecular formula is C34H36FN7O2. The summed E-state index contributed by atoms with van der Waals surface area (Å²) >= 11 is 0. The van der Waals surface area contributed by atoms with E-state index in [4.69, 9.17) is 14.7 Å². The minimum Gasteiger partial charge on any atom is -0.374 e. The predicted octanol–water partition coefficient (Wildman–Crippen LogP) is 5.68. The third-order valence-electron chi connectivity index (χ3n) is 7.86. The summed E-state index contributed by atoms with van der Waals surface area (Å²) in [7, 11) is 0. The smallest absolute Gasteiger partial charge is 0.194 e. The number of halogens is 1. The van der Waals surface area contributed by atoms with Crippen LogP contribution < -0.4 is 16.0 Å². The van der Waals surface area contributed by atoms with Gasteiger partial charge in [0.25, 0.3) is 0 Å². The molecule has 6 rings (SSSR count). The second kappa shape index (κ2) is 12.9. The van der Waals surface area contributed by atoms with Crippen molar-refractivity contribution in [1.82, 2.24) is 24.9 Å². The van der Waals surface area contributed by atoms with Crippen molar-refractivity contribution < 1.29 is 13.9 Å². The number of carbonyl (C=O) groups is 1. The quantitative estimate of drug-likeness (QED) is 0.168. The zero-order valence-electron chi connectivity index (χ0n) is 24.9. The fraction of sp³-hybridized carbons (Fsp3) is 0.294. The Morgan fingerprint density at radius 1 is 1.18 bits per heavy atom. The van der Waals surface area contributed by atoms with Gasteiger partial charge < -0.3 is 20.7 Å². The molecule has 0 spiro atoms. The van der Waals surface area contributed by atoms with Gasteiger partial charge >= 0.3 is 0 Å². The van der Waals surface area contributed by atoms with E-state index < -0.39 is 11.6 Å². The van der Waals surface area contributed by atoms with Crippen molar-refractivity contribution >= 4 is 33.8 Å². The van der Waals surface area contributed by atoms with Crippen molar-refractivity contribution in [3.63, 3.8) is 0 Å². The molecule has 3 aromatic heterocycles. The Labute approximate surface area is 255 Å². The summed E-state index contributed by atoms with van der Waals surface area (Å²) in [6.07, 6.45) is 3.69. The van der Waals surface area contributed by atoms with Crippen LogP contribution in [0.1, 0.15) is 36.5 Å². The van der Waals surface area contributed by atoms with Gasteiger partial charge in [0.2, 0.25) is 0 Å². The van der Waals surface area contributed by atoms with Crippen LogP contribution in [-0.2, 0) is 22.5 Å². The Hall–Kier alpha value is -4.67. The third kappa shape index (κ3) is 6.31. The standard InChI is InChI=1S/C34H36FN7O2/c1-21(2)29-20-40-42-32(16-31(41-34(29)42)38-19-26-18-36-12-13-44-26)39-17-25-6-4-5-7-27(25)33-28-9-8-23(15-30(43)22(3)35)14-24(28)10-11-37-33/h4-11,14,16,20-21,26,36,39H,3,12-13,15,17-19H2,1-2H3,(H,38,41). The summed E-state index contributed by atoms with van der Waals surface area (Å²) in [6.45, 7) is 10.9. The number of nitrogens with zero attached hydrogens (tertiary/aromatic N) is 4. The average Bonchev–Trinajstić information content (AvgIpc) is 3.47. The Morgan fingerprint density at radius 2 is 2.05 bits per heavy atom. The van der Waals surface area contributed by atoms with Crippen LogP contribution in [0.3, 0.4) is 0 Å². The highest BCUT2D eigenvalue weighted by molar-refractivity contribution is 5.98. The van der Waals surface area contributed by atoms with Gasteiger partial charge in [-0.25, -0.2) is 9.37 Å². The van der Waals surface area contributed by atoms with Crippen LogP contribution in [-0.4, -0.2) is 57.7 Å². The molecule has 0 amide bonds. The lowest BCUT2D eigenvalue weighted by Crippen LogP contribution is -2.42. The van der Waals surface area contributed by atoms with Crippen LogP contribution in [0.5, 0.6) is 0 Å². The third-order valence-corrected chi connectivity index (χ3v) is 7.86. The molecule has 0 bridgehead atoms. The van der Waals surface area contributed by atoms with E-state index in [1.165, 1.54) is 0 Å². The van der Waals surface area contributed by atoms with Crippen molar-refractivity contribution in [2.75, 3.05) is 36.9 Å². The number of Topliss-reactive ketones (excluding diaryl/α,β-unsaturated/α-hetero) is 1. The number of nitrogens with one attached hydrogen (secondary N) is 3. The number of ketones is 1. The molecule has 1 aliphatic heterocycles. The lowest BCUT2D eigenvalue weighted by molar-refractivity contribution is -0.116. The van der Waals surface area contributed by atoms with E-state index in [1.54, 1.807) is 6.20 Å². The van der Waals surface area contributed by atoms with Gasteiger partial charge in [-0.3, -0.25) is 9.78 Å². The Balaban J connectivity index is 1.29. The molecule has 1 aliphatic rings. The molecule has 9 nitrogen and oxygen atoms in total. The van der Waals surface area contributed by atoms with Crippen LogP contribution in [0, 0.1) is 0 Å². The number of pyridine rings is 1. The Bertz CT molecular complexity index is 1830. The van der Waals surface area contributed by atoms with E-state index in [1.807, 2.05) is 53.2 Å². The van der Waals surface area contributed by atoms with E-state index in [0.29, 0.717) is 19.7 Å². The summed E-state index contributed by atoms with van der Waals surface area (Å²) in [4.78, 5) is 21.6. The molecule has 226 valence electrons. The highest BCUT2D eigenvalue weighted by atomic mass is 19.1. The first kappa shape index (κ1) is 29.4. The molecule has 1 unspecified atom stereocenters.